The molecule has 0 bridgehead atoms. The summed E-state index contributed by atoms with van der Waals surface area (Å²) in [5.41, 5.74) is 0.0507. The summed E-state index contributed by atoms with van der Waals surface area (Å²) in [6.07, 6.45) is 6.03. The fraction of sp³-hybridized carbons (Fsp3) is 1.00. The molecule has 1 heterocycles. The lowest BCUT2D eigenvalue weighted by molar-refractivity contribution is -0.0778. The van der Waals surface area contributed by atoms with Crippen LogP contribution >= 0.6 is 0 Å². The lowest BCUT2D eigenvalue weighted by atomic mass is 9.90. The van der Waals surface area contributed by atoms with Crippen LogP contribution in [0.3, 0.4) is 0 Å². The van der Waals surface area contributed by atoms with E-state index in [-0.39, 0.29) is 5.60 Å². The normalized spacial score (nSPS) is 33.3. The Bertz CT molecular complexity index is 260. The third-order valence-electron chi connectivity index (χ3n) is 3.89. The maximum atomic E-state index is 11.2. The van der Waals surface area contributed by atoms with Crippen molar-refractivity contribution in [3.8, 4) is 0 Å². The van der Waals surface area contributed by atoms with Crippen molar-refractivity contribution < 1.29 is 8.95 Å². The van der Waals surface area contributed by atoms with Crippen LogP contribution in [0, 0.1) is 0 Å². The van der Waals surface area contributed by atoms with Gasteiger partial charge in [0.25, 0.3) is 0 Å². The van der Waals surface area contributed by atoms with Gasteiger partial charge in [-0.15, -0.1) is 0 Å². The minimum Gasteiger partial charge on any atom is -0.375 e. The monoisotopic (exact) mass is 261 g/mol. The van der Waals surface area contributed by atoms with Crippen molar-refractivity contribution in [1.29, 1.82) is 0 Å². The second-order valence-electron chi connectivity index (χ2n) is 5.39. The van der Waals surface area contributed by atoms with Crippen LogP contribution in [0.1, 0.15) is 46.5 Å². The summed E-state index contributed by atoms with van der Waals surface area (Å²) < 4.78 is 17.1. The van der Waals surface area contributed by atoms with Crippen LogP contribution in [0.2, 0.25) is 0 Å². The minimum atomic E-state index is -0.698. The van der Waals surface area contributed by atoms with Crippen molar-refractivity contribution in [1.82, 2.24) is 5.32 Å². The predicted molar refractivity (Wildman–Crippen MR) is 73.8 cm³/mol. The van der Waals surface area contributed by atoms with Crippen molar-refractivity contribution in [2.24, 2.45) is 0 Å². The first-order valence-electron chi connectivity index (χ1n) is 6.66. The molecule has 1 fully saturated rings. The topological polar surface area (TPSA) is 38.3 Å². The average molecular weight is 261 g/mol. The van der Waals surface area contributed by atoms with Gasteiger partial charge < -0.3 is 10.1 Å². The molecule has 1 N–H and O–H groups in total. The zero-order valence-electron chi connectivity index (χ0n) is 11.6. The maximum Gasteiger partial charge on any atom is 0.0666 e. The Balaban J connectivity index is 2.25. The highest BCUT2D eigenvalue weighted by Gasteiger charge is 2.31. The van der Waals surface area contributed by atoms with Crippen LogP contribution in [0.15, 0.2) is 0 Å². The second kappa shape index (κ2) is 6.86. The zero-order chi connectivity index (χ0) is 12.9. The molecular formula is C13H27NO2S. The van der Waals surface area contributed by atoms with Crippen molar-refractivity contribution in [3.63, 3.8) is 0 Å². The molecule has 0 spiro atoms. The molecule has 0 aromatic heterocycles. The molecule has 4 heteroatoms. The Hall–Kier alpha value is 0.0700. The van der Waals surface area contributed by atoms with Gasteiger partial charge in [0.15, 0.2) is 0 Å². The van der Waals surface area contributed by atoms with Gasteiger partial charge in [-0.25, -0.2) is 0 Å². The van der Waals surface area contributed by atoms with Crippen LogP contribution in [-0.4, -0.2) is 40.5 Å². The number of hydrogen-bond donors (Lipinski definition) is 1. The molecule has 0 amide bonds. The third kappa shape index (κ3) is 5.06. The van der Waals surface area contributed by atoms with Gasteiger partial charge in [-0.3, -0.25) is 4.21 Å². The van der Waals surface area contributed by atoms with Crippen molar-refractivity contribution in [2.45, 2.75) is 63.3 Å². The highest BCUT2D eigenvalue weighted by atomic mass is 32.2. The number of hydrogen-bond acceptors (Lipinski definition) is 3. The largest absolute Gasteiger partial charge is 0.375 e. The third-order valence-corrected chi connectivity index (χ3v) is 5.26. The van der Waals surface area contributed by atoms with E-state index in [1.807, 2.05) is 0 Å². The fourth-order valence-corrected chi connectivity index (χ4v) is 2.66. The molecule has 4 atom stereocenters. The molecule has 0 radical (unpaired) electrons. The lowest BCUT2D eigenvalue weighted by Gasteiger charge is -2.38. The molecule has 4 unspecified atom stereocenters. The molecule has 1 rings (SSSR count). The summed E-state index contributed by atoms with van der Waals surface area (Å²) in [5, 5.41) is 3.87. The quantitative estimate of drug-likeness (QED) is 0.795. The molecule has 0 aromatic carbocycles. The molecule has 17 heavy (non-hydrogen) atoms. The molecule has 0 aromatic rings. The summed E-state index contributed by atoms with van der Waals surface area (Å²) in [6.45, 7) is 8.26. The van der Waals surface area contributed by atoms with E-state index in [0.717, 1.165) is 38.8 Å². The molecular weight excluding hydrogens is 234 g/mol. The molecule has 0 aliphatic carbocycles. The van der Waals surface area contributed by atoms with Crippen LogP contribution in [0.5, 0.6) is 0 Å². The van der Waals surface area contributed by atoms with Gasteiger partial charge >= 0.3 is 0 Å². The molecule has 102 valence electrons. The summed E-state index contributed by atoms with van der Waals surface area (Å²) in [7, 11) is -0.698. The minimum absolute atomic E-state index is 0.0507. The van der Waals surface area contributed by atoms with Crippen LogP contribution < -0.4 is 5.32 Å². The molecule has 0 saturated carbocycles. The van der Waals surface area contributed by atoms with E-state index in [1.165, 1.54) is 0 Å². The average Bonchev–Trinajstić information content (AvgIpc) is 2.29. The zero-order valence-corrected chi connectivity index (χ0v) is 12.4. The number of ether oxygens (including phenoxy) is 1. The number of rotatable bonds is 6. The van der Waals surface area contributed by atoms with Gasteiger partial charge in [0.05, 0.1) is 5.60 Å². The summed E-state index contributed by atoms with van der Waals surface area (Å²) >= 11 is 0. The summed E-state index contributed by atoms with van der Waals surface area (Å²) in [6, 6.07) is 0.561. The van der Waals surface area contributed by atoms with Crippen LogP contribution in [-0.2, 0) is 15.5 Å². The van der Waals surface area contributed by atoms with Gasteiger partial charge in [0.1, 0.15) is 0 Å². The molecule has 1 saturated heterocycles. The second-order valence-corrected chi connectivity index (χ2v) is 7.20. The summed E-state index contributed by atoms with van der Waals surface area (Å²) in [5.74, 6) is 0. The Morgan fingerprint density at radius 3 is 2.88 bits per heavy atom. The van der Waals surface area contributed by atoms with E-state index in [0.29, 0.717) is 11.3 Å². The Kier molecular flexibility index (Phi) is 6.10. The van der Waals surface area contributed by atoms with Crippen LogP contribution in [0.25, 0.3) is 0 Å². The lowest BCUT2D eigenvalue weighted by Crippen LogP contribution is -2.45. The first-order valence-corrected chi connectivity index (χ1v) is 8.28. The first kappa shape index (κ1) is 15.1. The van der Waals surface area contributed by atoms with E-state index in [1.54, 1.807) is 6.26 Å². The van der Waals surface area contributed by atoms with Crippen molar-refractivity contribution >= 4 is 10.8 Å². The smallest absolute Gasteiger partial charge is 0.0666 e. The molecule has 1 aliphatic heterocycles. The van der Waals surface area contributed by atoms with E-state index in [9.17, 15) is 4.21 Å². The molecule has 1 aliphatic rings. The maximum absolute atomic E-state index is 11.2. The summed E-state index contributed by atoms with van der Waals surface area (Å²) in [4.78, 5) is 0. The highest BCUT2D eigenvalue weighted by molar-refractivity contribution is 7.84. The highest BCUT2D eigenvalue weighted by Crippen LogP contribution is 2.27. The SMILES string of the molecule is CCC1(C)CC(NCCC(C)S(C)=O)CCO1. The van der Waals surface area contributed by atoms with Gasteiger partial charge in [0.2, 0.25) is 0 Å². The number of nitrogens with one attached hydrogen (secondary N) is 1. The van der Waals surface area contributed by atoms with E-state index in [2.05, 4.69) is 26.1 Å². The van der Waals surface area contributed by atoms with Crippen LogP contribution in [0.4, 0.5) is 0 Å². The van der Waals surface area contributed by atoms with Crippen molar-refractivity contribution in [3.05, 3.63) is 0 Å². The van der Waals surface area contributed by atoms with Gasteiger partial charge in [0, 0.05) is 35.0 Å². The Morgan fingerprint density at radius 2 is 2.29 bits per heavy atom. The standard InChI is InChI=1S/C13H27NO2S/c1-5-13(3)10-12(7-9-16-13)14-8-6-11(2)17(4)15/h11-12,14H,5-10H2,1-4H3. The van der Waals surface area contributed by atoms with E-state index < -0.39 is 10.8 Å². The fourth-order valence-electron chi connectivity index (χ4n) is 2.21. The van der Waals surface area contributed by atoms with E-state index in [4.69, 9.17) is 4.74 Å². The predicted octanol–water partition coefficient (Wildman–Crippen LogP) is 2.08. The first-order chi connectivity index (χ1) is 7.97. The van der Waals surface area contributed by atoms with Gasteiger partial charge in [-0.05, 0) is 39.2 Å². The van der Waals surface area contributed by atoms with Gasteiger partial charge in [-0.2, -0.15) is 0 Å². The molecule has 3 nitrogen and oxygen atoms in total. The Morgan fingerprint density at radius 1 is 1.59 bits per heavy atom. The Labute approximate surface area is 108 Å². The van der Waals surface area contributed by atoms with E-state index >= 15 is 0 Å². The van der Waals surface area contributed by atoms with Gasteiger partial charge in [-0.1, -0.05) is 13.8 Å². The van der Waals surface area contributed by atoms with Crippen molar-refractivity contribution in [2.75, 3.05) is 19.4 Å².